The number of alkyl halides is 3. The highest BCUT2D eigenvalue weighted by atomic mass is 32.1. The van der Waals surface area contributed by atoms with E-state index in [9.17, 15) is 13.2 Å². The fourth-order valence-electron chi connectivity index (χ4n) is 1.67. The molecule has 1 aromatic heterocycles. The molecule has 0 aliphatic heterocycles. The number of nitrogens with two attached hydrogens (primary N) is 1. The van der Waals surface area contributed by atoms with Gasteiger partial charge in [-0.1, -0.05) is 6.92 Å². The van der Waals surface area contributed by atoms with Crippen molar-refractivity contribution in [3.05, 3.63) is 29.1 Å². The van der Waals surface area contributed by atoms with Crippen molar-refractivity contribution in [2.45, 2.75) is 19.5 Å². The fourth-order valence-corrected chi connectivity index (χ4v) is 2.24. The second-order valence-electron chi connectivity index (χ2n) is 4.13. The van der Waals surface area contributed by atoms with Crippen molar-refractivity contribution < 1.29 is 17.9 Å². The van der Waals surface area contributed by atoms with Crippen molar-refractivity contribution in [2.24, 2.45) is 0 Å². The molecule has 0 saturated heterocycles. The van der Waals surface area contributed by atoms with Crippen LogP contribution < -0.4 is 10.5 Å². The van der Waals surface area contributed by atoms with E-state index in [1.165, 1.54) is 17.4 Å². The zero-order chi connectivity index (χ0) is 14.8. The van der Waals surface area contributed by atoms with Crippen LogP contribution in [-0.4, -0.2) is 11.6 Å². The molecule has 2 rings (SSSR count). The summed E-state index contributed by atoms with van der Waals surface area (Å²) in [5.41, 5.74) is 5.50. The van der Waals surface area contributed by atoms with Gasteiger partial charge in [-0.2, -0.15) is 13.2 Å². The monoisotopic (exact) mass is 302 g/mol. The van der Waals surface area contributed by atoms with Gasteiger partial charge in [-0.3, -0.25) is 0 Å². The van der Waals surface area contributed by atoms with Crippen LogP contribution in [0.3, 0.4) is 0 Å². The Hall–Kier alpha value is -1.76. The molecule has 2 N–H and O–H groups in total. The summed E-state index contributed by atoms with van der Waals surface area (Å²) in [5.74, 6) is -0.161. The summed E-state index contributed by atoms with van der Waals surface area (Å²) in [6.45, 7) is 2.08. The third-order valence-corrected chi connectivity index (χ3v) is 3.24. The van der Waals surface area contributed by atoms with Crippen molar-refractivity contribution in [2.75, 3.05) is 12.3 Å². The van der Waals surface area contributed by atoms with E-state index in [2.05, 4.69) is 4.98 Å². The minimum Gasteiger partial charge on any atom is -0.493 e. The molecule has 20 heavy (non-hydrogen) atoms. The van der Waals surface area contributed by atoms with Crippen LogP contribution in [0.5, 0.6) is 5.75 Å². The van der Waals surface area contributed by atoms with Gasteiger partial charge in [-0.25, -0.2) is 4.98 Å². The van der Waals surface area contributed by atoms with Crippen LogP contribution in [0.15, 0.2) is 23.6 Å². The molecule has 3 nitrogen and oxygen atoms in total. The average molecular weight is 302 g/mol. The highest BCUT2D eigenvalue weighted by Gasteiger charge is 2.34. The summed E-state index contributed by atoms with van der Waals surface area (Å²) < 4.78 is 44.3. The van der Waals surface area contributed by atoms with Gasteiger partial charge in [0.25, 0.3) is 0 Å². The summed E-state index contributed by atoms with van der Waals surface area (Å²) in [6, 6.07) is 3.91. The Morgan fingerprint density at radius 2 is 2.10 bits per heavy atom. The largest absolute Gasteiger partial charge is 0.493 e. The minimum absolute atomic E-state index is 0.161. The zero-order valence-electron chi connectivity index (χ0n) is 10.7. The topological polar surface area (TPSA) is 48.1 Å². The predicted octanol–water partition coefficient (Wildman–Crippen LogP) is 4.20. The first-order valence-corrected chi connectivity index (χ1v) is 6.85. The molecule has 0 spiro atoms. The first kappa shape index (κ1) is 14.6. The molecule has 2 aromatic rings. The van der Waals surface area contributed by atoms with Crippen molar-refractivity contribution in [1.82, 2.24) is 4.98 Å². The highest BCUT2D eigenvalue weighted by molar-refractivity contribution is 7.13. The molecular formula is C13H13F3N2OS. The number of hydrogen-bond donors (Lipinski definition) is 1. The van der Waals surface area contributed by atoms with E-state index in [1.807, 2.05) is 6.92 Å². The molecule has 0 radical (unpaired) electrons. The Morgan fingerprint density at radius 3 is 2.65 bits per heavy atom. The third-order valence-electron chi connectivity index (χ3n) is 2.56. The number of nitrogen functional groups attached to an aromatic ring is 1. The summed E-state index contributed by atoms with van der Waals surface area (Å²) in [4.78, 5) is 3.98. The van der Waals surface area contributed by atoms with E-state index in [-0.39, 0.29) is 12.4 Å². The summed E-state index contributed by atoms with van der Waals surface area (Å²) in [5, 5.41) is 1.94. The summed E-state index contributed by atoms with van der Waals surface area (Å²) >= 11 is 1.18. The standard InChI is InChI=1S/C13H13F3N2OS/c1-2-5-19-11-4-3-8(6-9(11)13(14,15)16)10-7-20-12(17)18-10/h3-4,6-7H,2,5H2,1H3,(H2,17,18). The SMILES string of the molecule is CCCOc1ccc(-c2csc(N)n2)cc1C(F)(F)F. The zero-order valence-corrected chi connectivity index (χ0v) is 11.5. The number of ether oxygens (including phenoxy) is 1. The Kier molecular flexibility index (Phi) is 4.17. The Balaban J connectivity index is 2.43. The molecule has 108 valence electrons. The molecule has 0 amide bonds. The van der Waals surface area contributed by atoms with Crippen LogP contribution >= 0.6 is 11.3 Å². The molecule has 1 heterocycles. The maximum absolute atomic E-state index is 13.1. The van der Waals surface area contributed by atoms with Crippen molar-refractivity contribution in [3.63, 3.8) is 0 Å². The third kappa shape index (κ3) is 3.22. The number of anilines is 1. The van der Waals surface area contributed by atoms with Crippen molar-refractivity contribution in [1.29, 1.82) is 0 Å². The van der Waals surface area contributed by atoms with E-state index < -0.39 is 11.7 Å². The number of aromatic nitrogens is 1. The second kappa shape index (κ2) is 5.70. The van der Waals surface area contributed by atoms with Gasteiger partial charge in [0, 0.05) is 10.9 Å². The van der Waals surface area contributed by atoms with Crippen LogP contribution in [0.2, 0.25) is 0 Å². The predicted molar refractivity (Wildman–Crippen MR) is 72.8 cm³/mol. The molecule has 0 bridgehead atoms. The molecule has 0 aliphatic rings. The van der Waals surface area contributed by atoms with Gasteiger partial charge in [0.1, 0.15) is 5.75 Å². The number of nitrogens with zero attached hydrogens (tertiary/aromatic N) is 1. The highest BCUT2D eigenvalue weighted by Crippen LogP contribution is 2.39. The summed E-state index contributed by atoms with van der Waals surface area (Å²) in [7, 11) is 0. The molecule has 0 saturated carbocycles. The lowest BCUT2D eigenvalue weighted by atomic mass is 10.1. The van der Waals surface area contributed by atoms with Gasteiger partial charge >= 0.3 is 6.18 Å². The average Bonchev–Trinajstić information content (AvgIpc) is 2.82. The molecule has 0 aliphatic carbocycles. The molecule has 7 heteroatoms. The molecule has 1 aromatic carbocycles. The Labute approximate surface area is 118 Å². The molecule has 0 atom stereocenters. The van der Waals surface area contributed by atoms with E-state index in [0.717, 1.165) is 6.07 Å². The number of hydrogen-bond acceptors (Lipinski definition) is 4. The second-order valence-corrected chi connectivity index (χ2v) is 5.02. The van der Waals surface area contributed by atoms with Gasteiger partial charge < -0.3 is 10.5 Å². The molecule has 0 unspecified atom stereocenters. The lowest BCUT2D eigenvalue weighted by Crippen LogP contribution is -2.09. The fraction of sp³-hybridized carbons (Fsp3) is 0.308. The van der Waals surface area contributed by atoms with Gasteiger partial charge in [0.2, 0.25) is 0 Å². The van der Waals surface area contributed by atoms with Crippen LogP contribution in [0.1, 0.15) is 18.9 Å². The van der Waals surface area contributed by atoms with Crippen LogP contribution in [0.25, 0.3) is 11.3 Å². The normalized spacial score (nSPS) is 11.6. The van der Waals surface area contributed by atoms with E-state index in [1.54, 1.807) is 11.4 Å². The quantitative estimate of drug-likeness (QED) is 0.920. The van der Waals surface area contributed by atoms with Crippen molar-refractivity contribution in [3.8, 4) is 17.0 Å². The molecule has 0 fully saturated rings. The van der Waals surface area contributed by atoms with Crippen molar-refractivity contribution >= 4 is 16.5 Å². The van der Waals surface area contributed by atoms with E-state index >= 15 is 0 Å². The number of halogens is 3. The van der Waals surface area contributed by atoms with Gasteiger partial charge in [0.15, 0.2) is 5.13 Å². The number of thiazole rings is 1. The summed E-state index contributed by atoms with van der Waals surface area (Å²) in [6.07, 6.45) is -3.83. The van der Waals surface area contributed by atoms with Crippen LogP contribution in [-0.2, 0) is 6.18 Å². The first-order valence-electron chi connectivity index (χ1n) is 5.97. The minimum atomic E-state index is -4.47. The lowest BCUT2D eigenvalue weighted by molar-refractivity contribution is -0.138. The lowest BCUT2D eigenvalue weighted by Gasteiger charge is -2.14. The maximum atomic E-state index is 13.1. The number of rotatable bonds is 4. The van der Waals surface area contributed by atoms with Gasteiger partial charge in [-0.05, 0) is 24.6 Å². The van der Waals surface area contributed by atoms with Gasteiger partial charge in [-0.15, -0.1) is 11.3 Å². The maximum Gasteiger partial charge on any atom is 0.419 e. The van der Waals surface area contributed by atoms with Crippen LogP contribution in [0, 0.1) is 0 Å². The first-order chi connectivity index (χ1) is 9.41. The van der Waals surface area contributed by atoms with Crippen LogP contribution in [0.4, 0.5) is 18.3 Å². The number of benzene rings is 1. The van der Waals surface area contributed by atoms with Gasteiger partial charge in [0.05, 0.1) is 17.9 Å². The molecular weight excluding hydrogens is 289 g/mol. The smallest absolute Gasteiger partial charge is 0.419 e. The Bertz CT molecular complexity index is 596. The van der Waals surface area contributed by atoms with E-state index in [4.69, 9.17) is 10.5 Å². The Morgan fingerprint density at radius 1 is 1.35 bits per heavy atom. The van der Waals surface area contributed by atoms with E-state index in [0.29, 0.717) is 22.8 Å².